The van der Waals surface area contributed by atoms with Crippen LogP contribution in [0.5, 0.6) is 0 Å². The van der Waals surface area contributed by atoms with E-state index in [1.54, 1.807) is 4.68 Å². The maximum atomic E-state index is 5.81. The second-order valence-corrected chi connectivity index (χ2v) is 5.84. The number of rotatable bonds is 5. The number of hydrogen-bond acceptors (Lipinski definition) is 4. The van der Waals surface area contributed by atoms with E-state index < -0.39 is 0 Å². The standard InChI is InChI=1S/C13H22N4O/c1-10-13(5-6-18-10,9-14-11-3-4-11)7-12-8-17(2)16-15-12/h8,10-11,14H,3-7,9H2,1-2H3. The maximum Gasteiger partial charge on any atom is 0.0834 e. The highest BCUT2D eigenvalue weighted by atomic mass is 16.5. The predicted octanol–water partition coefficient (Wildman–Crippen LogP) is 0.905. The van der Waals surface area contributed by atoms with Gasteiger partial charge in [-0.15, -0.1) is 5.10 Å². The van der Waals surface area contributed by atoms with Gasteiger partial charge in [-0.2, -0.15) is 0 Å². The van der Waals surface area contributed by atoms with Gasteiger partial charge in [0.05, 0.1) is 11.8 Å². The molecule has 2 aliphatic rings. The van der Waals surface area contributed by atoms with E-state index in [0.29, 0.717) is 6.10 Å². The van der Waals surface area contributed by atoms with Crippen molar-refractivity contribution in [1.82, 2.24) is 20.3 Å². The van der Waals surface area contributed by atoms with Crippen LogP contribution in [0.15, 0.2) is 6.20 Å². The molecule has 0 spiro atoms. The van der Waals surface area contributed by atoms with Crippen LogP contribution in [0.3, 0.4) is 0 Å². The van der Waals surface area contributed by atoms with E-state index in [9.17, 15) is 0 Å². The van der Waals surface area contributed by atoms with Gasteiger partial charge in [0.1, 0.15) is 0 Å². The zero-order valence-corrected chi connectivity index (χ0v) is 11.2. The van der Waals surface area contributed by atoms with Crippen molar-refractivity contribution in [3.05, 3.63) is 11.9 Å². The van der Waals surface area contributed by atoms with Gasteiger partial charge in [0.25, 0.3) is 0 Å². The quantitative estimate of drug-likeness (QED) is 0.844. The molecule has 0 amide bonds. The predicted molar refractivity (Wildman–Crippen MR) is 68.2 cm³/mol. The van der Waals surface area contributed by atoms with Crippen LogP contribution >= 0.6 is 0 Å². The van der Waals surface area contributed by atoms with Crippen LogP contribution < -0.4 is 5.32 Å². The number of aryl methyl sites for hydroxylation is 1. The Morgan fingerprint density at radius 1 is 1.56 bits per heavy atom. The first-order valence-corrected chi connectivity index (χ1v) is 6.88. The highest BCUT2D eigenvalue weighted by molar-refractivity contribution is 5.04. The Balaban J connectivity index is 1.71. The van der Waals surface area contributed by atoms with Gasteiger partial charge < -0.3 is 10.1 Å². The number of nitrogens with zero attached hydrogens (tertiary/aromatic N) is 3. The van der Waals surface area contributed by atoms with Gasteiger partial charge in [0.2, 0.25) is 0 Å². The summed E-state index contributed by atoms with van der Waals surface area (Å²) in [6.45, 7) is 4.10. The smallest absolute Gasteiger partial charge is 0.0834 e. The van der Waals surface area contributed by atoms with Crippen LogP contribution in [-0.2, 0) is 18.2 Å². The van der Waals surface area contributed by atoms with Gasteiger partial charge in [-0.25, -0.2) is 0 Å². The lowest BCUT2D eigenvalue weighted by molar-refractivity contribution is 0.0623. The monoisotopic (exact) mass is 250 g/mol. The van der Waals surface area contributed by atoms with Gasteiger partial charge >= 0.3 is 0 Å². The number of hydrogen-bond donors (Lipinski definition) is 1. The number of aromatic nitrogens is 3. The normalized spacial score (nSPS) is 32.0. The van der Waals surface area contributed by atoms with E-state index in [4.69, 9.17) is 4.74 Å². The Bertz CT molecular complexity index is 415. The Hall–Kier alpha value is -0.940. The molecule has 100 valence electrons. The summed E-state index contributed by atoms with van der Waals surface area (Å²) in [5.74, 6) is 0. The molecule has 18 heavy (non-hydrogen) atoms. The summed E-state index contributed by atoms with van der Waals surface area (Å²) in [5.41, 5.74) is 1.27. The largest absolute Gasteiger partial charge is 0.378 e. The van der Waals surface area contributed by atoms with Crippen LogP contribution in [0.4, 0.5) is 0 Å². The third-order valence-electron chi connectivity index (χ3n) is 4.33. The van der Waals surface area contributed by atoms with Crippen LogP contribution in [0, 0.1) is 5.41 Å². The number of ether oxygens (including phenoxy) is 1. The highest BCUT2D eigenvalue weighted by Gasteiger charge is 2.42. The van der Waals surface area contributed by atoms with E-state index in [-0.39, 0.29) is 5.41 Å². The molecule has 1 aromatic heterocycles. The number of nitrogens with one attached hydrogen (secondary N) is 1. The summed E-state index contributed by atoms with van der Waals surface area (Å²) in [5, 5.41) is 11.9. The minimum Gasteiger partial charge on any atom is -0.378 e. The summed E-state index contributed by atoms with van der Waals surface area (Å²) in [6.07, 6.45) is 7.05. The van der Waals surface area contributed by atoms with Gasteiger partial charge in [0.15, 0.2) is 0 Å². The van der Waals surface area contributed by atoms with Crippen molar-refractivity contribution in [2.45, 2.75) is 44.8 Å². The molecule has 1 aromatic rings. The van der Waals surface area contributed by atoms with Crippen LogP contribution in [-0.4, -0.2) is 40.3 Å². The van der Waals surface area contributed by atoms with Crippen molar-refractivity contribution >= 4 is 0 Å². The van der Waals surface area contributed by atoms with E-state index in [0.717, 1.165) is 37.7 Å². The Morgan fingerprint density at radius 2 is 2.39 bits per heavy atom. The van der Waals surface area contributed by atoms with E-state index in [1.807, 2.05) is 13.2 Å². The topological polar surface area (TPSA) is 52.0 Å². The van der Waals surface area contributed by atoms with Gasteiger partial charge in [0, 0.05) is 44.3 Å². The molecule has 1 aliphatic carbocycles. The Kier molecular flexibility index (Phi) is 3.11. The van der Waals surface area contributed by atoms with Crippen molar-refractivity contribution in [2.75, 3.05) is 13.2 Å². The molecule has 1 saturated carbocycles. The third-order valence-corrected chi connectivity index (χ3v) is 4.33. The molecule has 0 aromatic carbocycles. The summed E-state index contributed by atoms with van der Waals surface area (Å²) < 4.78 is 7.58. The molecule has 2 unspecified atom stereocenters. The first kappa shape index (κ1) is 12.1. The molecule has 2 atom stereocenters. The van der Waals surface area contributed by atoms with E-state index >= 15 is 0 Å². The first-order chi connectivity index (χ1) is 8.68. The van der Waals surface area contributed by atoms with Crippen LogP contribution in [0.25, 0.3) is 0 Å². The molecule has 1 aliphatic heterocycles. The molecule has 0 bridgehead atoms. The van der Waals surface area contributed by atoms with Gasteiger partial charge in [-0.3, -0.25) is 4.68 Å². The molecule has 0 radical (unpaired) electrons. The van der Waals surface area contributed by atoms with Crippen molar-refractivity contribution in [3.8, 4) is 0 Å². The molecule has 2 heterocycles. The average molecular weight is 250 g/mol. The van der Waals surface area contributed by atoms with Crippen molar-refractivity contribution in [1.29, 1.82) is 0 Å². The Labute approximate surface area is 108 Å². The lowest BCUT2D eigenvalue weighted by Crippen LogP contribution is -2.42. The Morgan fingerprint density at radius 3 is 2.94 bits per heavy atom. The lowest BCUT2D eigenvalue weighted by atomic mass is 9.77. The molecule has 2 fully saturated rings. The molecule has 5 nitrogen and oxygen atoms in total. The van der Waals surface area contributed by atoms with Crippen molar-refractivity contribution in [3.63, 3.8) is 0 Å². The fourth-order valence-electron chi connectivity index (χ4n) is 2.82. The maximum absolute atomic E-state index is 5.81. The second kappa shape index (κ2) is 4.63. The minimum absolute atomic E-state index is 0.193. The average Bonchev–Trinajstić information content (AvgIpc) is 3.00. The van der Waals surface area contributed by atoms with Crippen LogP contribution in [0.2, 0.25) is 0 Å². The zero-order valence-electron chi connectivity index (χ0n) is 11.2. The first-order valence-electron chi connectivity index (χ1n) is 6.88. The fourth-order valence-corrected chi connectivity index (χ4v) is 2.82. The molecule has 1 N–H and O–H groups in total. The zero-order chi connectivity index (χ0) is 12.6. The van der Waals surface area contributed by atoms with Crippen LogP contribution in [0.1, 0.15) is 31.9 Å². The van der Waals surface area contributed by atoms with Gasteiger partial charge in [-0.1, -0.05) is 5.21 Å². The van der Waals surface area contributed by atoms with Gasteiger partial charge in [-0.05, 0) is 26.2 Å². The third kappa shape index (κ3) is 2.42. The van der Waals surface area contributed by atoms with E-state index in [2.05, 4.69) is 22.6 Å². The molecular formula is C13H22N4O. The summed E-state index contributed by atoms with van der Waals surface area (Å²) >= 11 is 0. The lowest BCUT2D eigenvalue weighted by Gasteiger charge is -2.32. The summed E-state index contributed by atoms with van der Waals surface area (Å²) in [7, 11) is 1.92. The summed E-state index contributed by atoms with van der Waals surface area (Å²) in [6, 6.07) is 0.747. The molecule has 1 saturated heterocycles. The van der Waals surface area contributed by atoms with Crippen molar-refractivity contribution < 1.29 is 4.74 Å². The second-order valence-electron chi connectivity index (χ2n) is 5.84. The molecular weight excluding hydrogens is 228 g/mol. The highest BCUT2D eigenvalue weighted by Crippen LogP contribution is 2.38. The summed E-state index contributed by atoms with van der Waals surface area (Å²) in [4.78, 5) is 0. The van der Waals surface area contributed by atoms with Crippen molar-refractivity contribution in [2.24, 2.45) is 12.5 Å². The molecule has 5 heteroatoms. The fraction of sp³-hybridized carbons (Fsp3) is 0.846. The minimum atomic E-state index is 0.193. The van der Waals surface area contributed by atoms with E-state index in [1.165, 1.54) is 12.8 Å². The molecule has 3 rings (SSSR count). The SMILES string of the molecule is CC1OCCC1(CNC1CC1)Cc1cn(C)nn1.